The average Bonchev–Trinajstić information content (AvgIpc) is 2.66. The molecule has 3 unspecified atom stereocenters. The van der Waals surface area contributed by atoms with Crippen molar-refractivity contribution in [1.29, 1.82) is 0 Å². The van der Waals surface area contributed by atoms with E-state index in [4.69, 9.17) is 11.6 Å². The van der Waals surface area contributed by atoms with Crippen LogP contribution in [0, 0.1) is 5.92 Å². The molecule has 3 rings (SSSR count). The third kappa shape index (κ3) is 6.42. The van der Waals surface area contributed by atoms with Gasteiger partial charge in [0, 0.05) is 11.1 Å². The zero-order valence-corrected chi connectivity index (χ0v) is 17.7. The van der Waals surface area contributed by atoms with E-state index < -0.39 is 0 Å². The lowest BCUT2D eigenvalue weighted by molar-refractivity contribution is -0.119. The van der Waals surface area contributed by atoms with E-state index in [1.165, 1.54) is 5.56 Å². The number of benzene rings is 2. The first-order valence-corrected chi connectivity index (χ1v) is 10.5. The number of thioether (sulfide) groups is 1. The predicted octanol–water partition coefficient (Wildman–Crippen LogP) is 4.70. The molecule has 2 N–H and O–H groups in total. The summed E-state index contributed by atoms with van der Waals surface area (Å²) >= 11 is 7.70. The van der Waals surface area contributed by atoms with Crippen LogP contribution in [0.25, 0.3) is 0 Å². The summed E-state index contributed by atoms with van der Waals surface area (Å²) in [6.07, 6.45) is 0.997. The average molecular weight is 425 g/mol. The molecule has 0 aromatic heterocycles. The van der Waals surface area contributed by atoms with Gasteiger partial charge >= 0.3 is 0 Å². The van der Waals surface area contributed by atoms with Crippen molar-refractivity contribution >= 4 is 41.7 Å². The van der Waals surface area contributed by atoms with Gasteiger partial charge in [-0.2, -0.15) is 0 Å². The smallest absolute Gasteiger partial charge is 0.230 e. The Bertz CT molecular complexity index is 712. The van der Waals surface area contributed by atoms with Gasteiger partial charge < -0.3 is 10.6 Å². The highest BCUT2D eigenvalue weighted by molar-refractivity contribution is 8.00. The molecule has 1 amide bonds. The second kappa shape index (κ2) is 11.0. The van der Waals surface area contributed by atoms with Crippen molar-refractivity contribution in [3.05, 3.63) is 70.7 Å². The van der Waals surface area contributed by atoms with Gasteiger partial charge in [0.15, 0.2) is 0 Å². The number of carbonyl (C=O) groups excluding carboxylic acids is 1. The lowest BCUT2D eigenvalue weighted by atomic mass is 9.95. The Morgan fingerprint density at radius 3 is 2.52 bits per heavy atom. The number of nitrogens with one attached hydrogen (secondary N) is 2. The predicted molar refractivity (Wildman–Crippen MR) is 118 cm³/mol. The Morgan fingerprint density at radius 1 is 1.19 bits per heavy atom. The Balaban J connectivity index is 0.00000261. The highest BCUT2D eigenvalue weighted by Crippen LogP contribution is 2.36. The highest BCUT2D eigenvalue weighted by atomic mass is 35.5. The molecule has 0 spiro atoms. The molecule has 1 saturated heterocycles. The molecule has 146 valence electrons. The van der Waals surface area contributed by atoms with Crippen LogP contribution in [-0.4, -0.2) is 30.8 Å². The van der Waals surface area contributed by atoms with Crippen molar-refractivity contribution in [3.63, 3.8) is 0 Å². The summed E-state index contributed by atoms with van der Waals surface area (Å²) < 4.78 is 0. The zero-order chi connectivity index (χ0) is 18.4. The number of rotatable bonds is 6. The van der Waals surface area contributed by atoms with Crippen LogP contribution in [-0.2, 0) is 4.79 Å². The second-order valence-electron chi connectivity index (χ2n) is 6.80. The maximum atomic E-state index is 12.5. The van der Waals surface area contributed by atoms with E-state index >= 15 is 0 Å². The van der Waals surface area contributed by atoms with Crippen molar-refractivity contribution in [2.45, 2.75) is 24.6 Å². The third-order valence-electron chi connectivity index (χ3n) is 4.79. The first kappa shape index (κ1) is 22.1. The number of piperidine rings is 1. The molecule has 0 radical (unpaired) electrons. The Kier molecular flexibility index (Phi) is 8.97. The topological polar surface area (TPSA) is 41.1 Å². The van der Waals surface area contributed by atoms with E-state index in [1.54, 1.807) is 11.8 Å². The maximum Gasteiger partial charge on any atom is 0.230 e. The molecule has 1 aliphatic rings. The van der Waals surface area contributed by atoms with Crippen LogP contribution >= 0.6 is 35.8 Å². The standard InChI is InChI=1S/C21H25ClN2OS.ClH/c1-15-13-23-12-11-19(15)24-20(25)14-26-21(16-5-3-2-4-6-16)17-7-9-18(22)10-8-17;/h2-10,15,19,21,23H,11-14H2,1H3,(H,24,25);1H. The Morgan fingerprint density at radius 2 is 1.85 bits per heavy atom. The molecule has 1 aliphatic heterocycles. The first-order valence-electron chi connectivity index (χ1n) is 9.05. The molecule has 6 heteroatoms. The van der Waals surface area contributed by atoms with Gasteiger partial charge in [-0.1, -0.05) is 61.0 Å². The fraction of sp³-hybridized carbons (Fsp3) is 0.381. The monoisotopic (exact) mass is 424 g/mol. The molecule has 0 aliphatic carbocycles. The Labute approximate surface area is 177 Å². The van der Waals surface area contributed by atoms with Crippen LogP contribution in [0.15, 0.2) is 54.6 Å². The number of carbonyl (C=O) groups is 1. The number of amides is 1. The molecule has 0 bridgehead atoms. The van der Waals surface area contributed by atoms with E-state index in [2.05, 4.69) is 29.7 Å². The van der Waals surface area contributed by atoms with Gasteiger partial charge in [-0.15, -0.1) is 24.2 Å². The van der Waals surface area contributed by atoms with Crippen molar-refractivity contribution in [1.82, 2.24) is 10.6 Å². The summed E-state index contributed by atoms with van der Waals surface area (Å²) in [7, 11) is 0. The summed E-state index contributed by atoms with van der Waals surface area (Å²) in [6.45, 7) is 4.13. The van der Waals surface area contributed by atoms with Crippen molar-refractivity contribution < 1.29 is 4.79 Å². The molecule has 3 atom stereocenters. The van der Waals surface area contributed by atoms with E-state index in [9.17, 15) is 4.79 Å². The van der Waals surface area contributed by atoms with Crippen molar-refractivity contribution in [2.75, 3.05) is 18.8 Å². The summed E-state index contributed by atoms with van der Waals surface area (Å²) in [4.78, 5) is 12.5. The lowest BCUT2D eigenvalue weighted by Crippen LogP contribution is -2.48. The minimum absolute atomic E-state index is 0. The normalized spacial score (nSPS) is 20.4. The summed E-state index contributed by atoms with van der Waals surface area (Å²) in [5.74, 6) is 1.03. The molecule has 1 fully saturated rings. The van der Waals surface area contributed by atoms with Gasteiger partial charge in [0.05, 0.1) is 11.0 Å². The SMILES string of the molecule is CC1CNCCC1NC(=O)CSC(c1ccccc1)c1ccc(Cl)cc1.Cl. The molecule has 27 heavy (non-hydrogen) atoms. The second-order valence-corrected chi connectivity index (χ2v) is 8.33. The minimum atomic E-state index is 0. The minimum Gasteiger partial charge on any atom is -0.352 e. The van der Waals surface area contributed by atoms with Crippen molar-refractivity contribution in [3.8, 4) is 0 Å². The summed E-state index contributed by atoms with van der Waals surface area (Å²) in [5.41, 5.74) is 2.36. The first-order chi connectivity index (χ1) is 12.6. The fourth-order valence-corrected chi connectivity index (χ4v) is 4.51. The molecular formula is C21H26Cl2N2OS. The highest BCUT2D eigenvalue weighted by Gasteiger charge is 2.23. The molecule has 2 aromatic rings. The summed E-state index contributed by atoms with van der Waals surface area (Å²) in [6, 6.07) is 18.5. The van der Waals surface area contributed by atoms with Crippen LogP contribution in [0.2, 0.25) is 5.02 Å². The van der Waals surface area contributed by atoms with E-state index in [-0.39, 0.29) is 29.6 Å². The van der Waals surface area contributed by atoms with Gasteiger partial charge in [-0.3, -0.25) is 4.79 Å². The largest absolute Gasteiger partial charge is 0.352 e. The third-order valence-corrected chi connectivity index (χ3v) is 6.35. The van der Waals surface area contributed by atoms with Gasteiger partial charge in [0.2, 0.25) is 5.91 Å². The quantitative estimate of drug-likeness (QED) is 0.705. The molecule has 2 aromatic carbocycles. The van der Waals surface area contributed by atoms with Crippen LogP contribution in [0.1, 0.15) is 29.7 Å². The fourth-order valence-electron chi connectivity index (χ4n) is 3.29. The molecular weight excluding hydrogens is 399 g/mol. The zero-order valence-electron chi connectivity index (χ0n) is 15.4. The van der Waals surface area contributed by atoms with Gasteiger partial charge in [-0.25, -0.2) is 0 Å². The molecule has 0 saturated carbocycles. The molecule has 3 nitrogen and oxygen atoms in total. The number of halogens is 2. The van der Waals surface area contributed by atoms with Crippen LogP contribution in [0.5, 0.6) is 0 Å². The van der Waals surface area contributed by atoms with Gasteiger partial charge in [0.25, 0.3) is 0 Å². The lowest BCUT2D eigenvalue weighted by Gasteiger charge is -2.30. The van der Waals surface area contributed by atoms with E-state index in [0.29, 0.717) is 11.7 Å². The number of hydrogen-bond acceptors (Lipinski definition) is 3. The van der Waals surface area contributed by atoms with E-state index in [0.717, 1.165) is 30.1 Å². The summed E-state index contributed by atoms with van der Waals surface area (Å²) in [5, 5.41) is 7.42. The van der Waals surface area contributed by atoms with Crippen LogP contribution in [0.3, 0.4) is 0 Å². The molecule has 1 heterocycles. The van der Waals surface area contributed by atoms with Crippen LogP contribution < -0.4 is 10.6 Å². The maximum absolute atomic E-state index is 12.5. The van der Waals surface area contributed by atoms with Gasteiger partial charge in [-0.05, 0) is 48.7 Å². The van der Waals surface area contributed by atoms with Gasteiger partial charge in [0.1, 0.15) is 0 Å². The van der Waals surface area contributed by atoms with Crippen molar-refractivity contribution in [2.24, 2.45) is 5.92 Å². The van der Waals surface area contributed by atoms with Crippen LogP contribution in [0.4, 0.5) is 0 Å². The van der Waals surface area contributed by atoms with E-state index in [1.807, 2.05) is 42.5 Å². The Hall–Kier alpha value is -1.20. The number of hydrogen-bond donors (Lipinski definition) is 2.